The lowest BCUT2D eigenvalue weighted by atomic mass is 10.1. The van der Waals surface area contributed by atoms with Crippen LogP contribution in [0.25, 0.3) is 0 Å². The third-order valence-electron chi connectivity index (χ3n) is 1.71. The lowest BCUT2D eigenvalue weighted by Gasteiger charge is -2.09. The second kappa shape index (κ2) is 4.29. The molecule has 1 atom stereocenters. The summed E-state index contributed by atoms with van der Waals surface area (Å²) in [6.45, 7) is 0. The van der Waals surface area contributed by atoms with Gasteiger partial charge in [0.2, 0.25) is 0 Å². The second-order valence-corrected chi connectivity index (χ2v) is 2.49. The summed E-state index contributed by atoms with van der Waals surface area (Å²) >= 11 is 0. The molecule has 0 amide bonds. The predicted molar refractivity (Wildman–Crippen MR) is 42.9 cm³/mol. The van der Waals surface area contributed by atoms with Crippen molar-refractivity contribution in [1.29, 1.82) is 0 Å². The first-order valence-electron chi connectivity index (χ1n) is 3.78. The molecular formula is C9H14O. The number of allylic oxidation sites excluding steroid dienone is 3. The Kier molecular flexibility index (Phi) is 3.23. The molecule has 0 fully saturated rings. The summed E-state index contributed by atoms with van der Waals surface area (Å²) in [7, 11) is 1.76. The zero-order chi connectivity index (χ0) is 7.23. The summed E-state index contributed by atoms with van der Waals surface area (Å²) in [5.74, 6) is 0. The molecule has 0 saturated heterocycles. The molecule has 0 saturated carbocycles. The minimum atomic E-state index is 0.338. The number of hydrogen-bond acceptors (Lipinski definition) is 1. The van der Waals surface area contributed by atoms with Crippen LogP contribution < -0.4 is 0 Å². The Balaban J connectivity index is 2.40. The summed E-state index contributed by atoms with van der Waals surface area (Å²) in [5, 5.41) is 0. The van der Waals surface area contributed by atoms with E-state index >= 15 is 0 Å². The van der Waals surface area contributed by atoms with E-state index in [4.69, 9.17) is 4.74 Å². The summed E-state index contributed by atoms with van der Waals surface area (Å²) in [4.78, 5) is 0. The fourth-order valence-corrected chi connectivity index (χ4v) is 1.08. The van der Waals surface area contributed by atoms with Gasteiger partial charge in [-0.05, 0) is 19.3 Å². The van der Waals surface area contributed by atoms with E-state index in [0.717, 1.165) is 19.3 Å². The van der Waals surface area contributed by atoms with Gasteiger partial charge in [0, 0.05) is 7.11 Å². The molecule has 0 aromatic rings. The van der Waals surface area contributed by atoms with E-state index < -0.39 is 0 Å². The minimum Gasteiger partial charge on any atom is -0.377 e. The van der Waals surface area contributed by atoms with Gasteiger partial charge in [0.1, 0.15) is 0 Å². The van der Waals surface area contributed by atoms with Gasteiger partial charge in [0.25, 0.3) is 0 Å². The number of ether oxygens (including phenoxy) is 1. The lowest BCUT2D eigenvalue weighted by Crippen LogP contribution is -2.06. The molecule has 0 aliphatic heterocycles. The first-order valence-corrected chi connectivity index (χ1v) is 3.78. The molecule has 0 radical (unpaired) electrons. The fraction of sp³-hybridized carbons (Fsp3) is 0.556. The van der Waals surface area contributed by atoms with Gasteiger partial charge in [-0.25, -0.2) is 0 Å². The third-order valence-corrected chi connectivity index (χ3v) is 1.71. The first-order chi connectivity index (χ1) is 4.93. The van der Waals surface area contributed by atoms with Crippen molar-refractivity contribution < 1.29 is 4.74 Å². The summed E-state index contributed by atoms with van der Waals surface area (Å²) in [6, 6.07) is 0. The molecular weight excluding hydrogens is 124 g/mol. The van der Waals surface area contributed by atoms with Crippen molar-refractivity contribution in [1.82, 2.24) is 0 Å². The van der Waals surface area contributed by atoms with Crippen molar-refractivity contribution in [2.24, 2.45) is 0 Å². The van der Waals surface area contributed by atoms with Gasteiger partial charge in [0.15, 0.2) is 0 Å². The molecule has 0 aromatic carbocycles. The van der Waals surface area contributed by atoms with Gasteiger partial charge >= 0.3 is 0 Å². The van der Waals surface area contributed by atoms with Gasteiger partial charge in [-0.3, -0.25) is 0 Å². The Morgan fingerprint density at radius 1 is 1.30 bits per heavy atom. The van der Waals surface area contributed by atoms with E-state index in [1.807, 2.05) is 0 Å². The molecule has 1 nitrogen and oxygen atoms in total. The summed E-state index contributed by atoms with van der Waals surface area (Å²) < 4.78 is 5.21. The average molecular weight is 138 g/mol. The molecule has 1 aliphatic carbocycles. The van der Waals surface area contributed by atoms with Crippen LogP contribution in [-0.2, 0) is 4.74 Å². The van der Waals surface area contributed by atoms with Crippen LogP contribution in [0.1, 0.15) is 19.3 Å². The molecule has 0 N–H and O–H groups in total. The maximum Gasteiger partial charge on any atom is 0.0755 e. The van der Waals surface area contributed by atoms with Crippen molar-refractivity contribution in [3.63, 3.8) is 0 Å². The molecule has 0 spiro atoms. The van der Waals surface area contributed by atoms with E-state index in [2.05, 4.69) is 24.3 Å². The monoisotopic (exact) mass is 138 g/mol. The van der Waals surface area contributed by atoms with Gasteiger partial charge in [-0.15, -0.1) is 0 Å². The highest BCUT2D eigenvalue weighted by molar-refractivity contribution is 4.99. The molecule has 1 unspecified atom stereocenters. The van der Waals surface area contributed by atoms with Crippen molar-refractivity contribution in [2.75, 3.05) is 7.11 Å². The highest BCUT2D eigenvalue weighted by Crippen LogP contribution is 2.07. The maximum absolute atomic E-state index is 5.21. The topological polar surface area (TPSA) is 9.23 Å². The minimum absolute atomic E-state index is 0.338. The Hall–Kier alpha value is -0.560. The smallest absolute Gasteiger partial charge is 0.0755 e. The van der Waals surface area contributed by atoms with Crippen LogP contribution in [0.2, 0.25) is 0 Å². The number of hydrogen-bond donors (Lipinski definition) is 0. The molecule has 10 heavy (non-hydrogen) atoms. The number of methoxy groups -OCH3 is 1. The summed E-state index contributed by atoms with van der Waals surface area (Å²) in [6.07, 6.45) is 12.4. The van der Waals surface area contributed by atoms with Crippen LogP contribution in [0, 0.1) is 0 Å². The standard InChI is InChI=1S/C9H14O/c1-10-9-7-5-3-2-4-6-8-9/h2-3,6,8-9H,4-5,7H2,1H3. The molecule has 1 rings (SSSR count). The van der Waals surface area contributed by atoms with Crippen LogP contribution in [0.3, 0.4) is 0 Å². The van der Waals surface area contributed by atoms with Gasteiger partial charge in [0.05, 0.1) is 6.10 Å². The largest absolute Gasteiger partial charge is 0.377 e. The van der Waals surface area contributed by atoms with Crippen LogP contribution in [0.15, 0.2) is 24.3 Å². The molecule has 0 bridgehead atoms. The van der Waals surface area contributed by atoms with E-state index in [0.29, 0.717) is 6.10 Å². The SMILES string of the molecule is COC1C=CCC=CCC1. The van der Waals surface area contributed by atoms with Crippen molar-refractivity contribution >= 4 is 0 Å². The molecule has 0 heterocycles. The Morgan fingerprint density at radius 2 is 2.20 bits per heavy atom. The van der Waals surface area contributed by atoms with Crippen molar-refractivity contribution in [2.45, 2.75) is 25.4 Å². The normalized spacial score (nSPS) is 25.9. The molecule has 0 aromatic heterocycles. The molecule has 1 aliphatic rings. The lowest BCUT2D eigenvalue weighted by molar-refractivity contribution is 0.134. The quantitative estimate of drug-likeness (QED) is 0.505. The second-order valence-electron chi connectivity index (χ2n) is 2.49. The highest BCUT2D eigenvalue weighted by Gasteiger charge is 2.00. The number of rotatable bonds is 1. The predicted octanol–water partition coefficient (Wildman–Crippen LogP) is 2.30. The highest BCUT2D eigenvalue weighted by atomic mass is 16.5. The van der Waals surface area contributed by atoms with Gasteiger partial charge in [-0.1, -0.05) is 24.3 Å². The zero-order valence-corrected chi connectivity index (χ0v) is 6.42. The first kappa shape index (κ1) is 7.55. The Bertz CT molecular complexity index is 136. The van der Waals surface area contributed by atoms with E-state index in [1.54, 1.807) is 7.11 Å². The van der Waals surface area contributed by atoms with Crippen LogP contribution >= 0.6 is 0 Å². The average Bonchev–Trinajstić information content (AvgIpc) is 1.87. The maximum atomic E-state index is 5.21. The van der Waals surface area contributed by atoms with Crippen LogP contribution in [-0.4, -0.2) is 13.2 Å². The van der Waals surface area contributed by atoms with E-state index in [9.17, 15) is 0 Å². The van der Waals surface area contributed by atoms with Crippen LogP contribution in [0.4, 0.5) is 0 Å². The molecule has 56 valence electrons. The van der Waals surface area contributed by atoms with E-state index in [1.165, 1.54) is 0 Å². The van der Waals surface area contributed by atoms with E-state index in [-0.39, 0.29) is 0 Å². The Morgan fingerprint density at radius 3 is 3.00 bits per heavy atom. The van der Waals surface area contributed by atoms with Gasteiger partial charge < -0.3 is 4.74 Å². The summed E-state index contributed by atoms with van der Waals surface area (Å²) in [5.41, 5.74) is 0. The zero-order valence-electron chi connectivity index (χ0n) is 6.42. The van der Waals surface area contributed by atoms with Crippen LogP contribution in [0.5, 0.6) is 0 Å². The Labute approximate surface area is 62.4 Å². The van der Waals surface area contributed by atoms with Gasteiger partial charge in [-0.2, -0.15) is 0 Å². The van der Waals surface area contributed by atoms with Crippen molar-refractivity contribution in [3.8, 4) is 0 Å². The molecule has 1 heteroatoms. The fourth-order valence-electron chi connectivity index (χ4n) is 1.08. The third kappa shape index (κ3) is 2.36. The van der Waals surface area contributed by atoms with Crippen molar-refractivity contribution in [3.05, 3.63) is 24.3 Å².